The lowest BCUT2D eigenvalue weighted by atomic mass is 9.83. The first kappa shape index (κ1) is 35.9. The van der Waals surface area contributed by atoms with Crippen LogP contribution in [0, 0.1) is 0 Å². The Hall–Kier alpha value is -5.53. The fourth-order valence-electron chi connectivity index (χ4n) is 5.49. The Bertz CT molecular complexity index is 2050. The van der Waals surface area contributed by atoms with Crippen molar-refractivity contribution in [3.63, 3.8) is 0 Å². The molecule has 236 valence electrons. The normalized spacial score (nSPS) is 13.3. The number of hydrogen-bond donors (Lipinski definition) is 0. The molecular formula is C46H47N. The molecule has 0 amide bonds. The molecule has 47 heavy (non-hydrogen) atoms. The second-order valence-electron chi connectivity index (χ2n) is 11.0. The van der Waals surface area contributed by atoms with Gasteiger partial charge in [-0.1, -0.05) is 154 Å². The predicted octanol–water partition coefficient (Wildman–Crippen LogP) is 11.5. The van der Waals surface area contributed by atoms with Crippen LogP contribution in [-0.4, -0.2) is 5.71 Å². The monoisotopic (exact) mass is 613 g/mol. The third-order valence-corrected chi connectivity index (χ3v) is 7.87. The van der Waals surface area contributed by atoms with Crippen molar-refractivity contribution >= 4 is 52.9 Å². The molecule has 0 saturated heterocycles. The van der Waals surface area contributed by atoms with Gasteiger partial charge < -0.3 is 0 Å². The van der Waals surface area contributed by atoms with Crippen molar-refractivity contribution in [2.45, 2.75) is 34.6 Å². The highest BCUT2D eigenvalue weighted by Crippen LogP contribution is 2.38. The lowest BCUT2D eigenvalue weighted by Crippen LogP contribution is -2.06. The lowest BCUT2D eigenvalue weighted by Gasteiger charge is -2.20. The van der Waals surface area contributed by atoms with Gasteiger partial charge in [-0.3, -0.25) is 4.99 Å². The molecule has 0 unspecified atom stereocenters. The van der Waals surface area contributed by atoms with Crippen LogP contribution in [0.15, 0.2) is 157 Å². The highest BCUT2D eigenvalue weighted by Gasteiger charge is 2.19. The van der Waals surface area contributed by atoms with Crippen molar-refractivity contribution in [1.82, 2.24) is 0 Å². The minimum atomic E-state index is 0.910. The van der Waals surface area contributed by atoms with Gasteiger partial charge in [0.1, 0.15) is 0 Å². The van der Waals surface area contributed by atoms with Gasteiger partial charge in [-0.2, -0.15) is 0 Å². The average molecular weight is 614 g/mol. The maximum Gasteiger partial charge on any atom is 0.0457 e. The van der Waals surface area contributed by atoms with E-state index in [1.165, 1.54) is 0 Å². The zero-order chi connectivity index (χ0) is 34.3. The molecule has 0 saturated carbocycles. The van der Waals surface area contributed by atoms with Crippen LogP contribution < -0.4 is 10.4 Å². The first-order valence-electron chi connectivity index (χ1n) is 15.9. The number of fused-ring (bicyclic) bond motifs is 1. The molecule has 0 aliphatic rings. The third kappa shape index (κ3) is 8.81. The van der Waals surface area contributed by atoms with E-state index < -0.39 is 0 Å². The van der Waals surface area contributed by atoms with E-state index in [0.717, 1.165) is 77.0 Å². The van der Waals surface area contributed by atoms with Gasteiger partial charge in [-0.05, 0) is 106 Å². The van der Waals surface area contributed by atoms with Crippen molar-refractivity contribution in [3.05, 3.63) is 191 Å². The fourth-order valence-corrected chi connectivity index (χ4v) is 5.49. The first-order chi connectivity index (χ1) is 22.8. The Balaban J connectivity index is 2.43. The summed E-state index contributed by atoms with van der Waals surface area (Å²) in [6, 6.07) is 22.6. The van der Waals surface area contributed by atoms with Crippen LogP contribution in [0.5, 0.6) is 0 Å². The maximum atomic E-state index is 4.99. The Morgan fingerprint density at radius 1 is 0.702 bits per heavy atom. The van der Waals surface area contributed by atoms with E-state index in [9.17, 15) is 0 Å². The van der Waals surface area contributed by atoms with Crippen LogP contribution in [0.2, 0.25) is 0 Å². The van der Waals surface area contributed by atoms with E-state index in [1.54, 1.807) is 0 Å². The highest BCUT2D eigenvalue weighted by molar-refractivity contribution is 6.17. The number of nitrogens with zero attached hydrogens (tertiary/aromatic N) is 1. The van der Waals surface area contributed by atoms with Crippen LogP contribution in [0.25, 0.3) is 47.2 Å². The van der Waals surface area contributed by atoms with Gasteiger partial charge >= 0.3 is 0 Å². The SMILES string of the molecule is C=CC(=C\C=C/C)/C(C)=C/N=C(\C)c1c(/C=C\C)c(C=C)c(/C(C=C)=C/C(=C\C)c2cccc(=C)ccccc2=C)c2ccccc12. The molecule has 0 spiro atoms. The number of rotatable bonds is 11. The van der Waals surface area contributed by atoms with Gasteiger partial charge in [0.05, 0.1) is 0 Å². The van der Waals surface area contributed by atoms with Crippen LogP contribution in [-0.2, 0) is 0 Å². The largest absolute Gasteiger partial charge is 0.261 e. The van der Waals surface area contributed by atoms with Crippen molar-refractivity contribution in [2.24, 2.45) is 4.99 Å². The van der Waals surface area contributed by atoms with E-state index in [4.69, 9.17) is 4.99 Å². The fraction of sp³-hybridized carbons (Fsp3) is 0.109. The summed E-state index contributed by atoms with van der Waals surface area (Å²) in [5.41, 5.74) is 10.2. The van der Waals surface area contributed by atoms with Crippen LogP contribution in [0.1, 0.15) is 62.4 Å². The third-order valence-electron chi connectivity index (χ3n) is 7.87. The summed E-state index contributed by atoms with van der Waals surface area (Å²) < 4.78 is 0. The lowest BCUT2D eigenvalue weighted by molar-refractivity contribution is 1.36. The predicted molar refractivity (Wildman–Crippen MR) is 214 cm³/mol. The van der Waals surface area contributed by atoms with Gasteiger partial charge in [0.25, 0.3) is 0 Å². The molecule has 0 aliphatic carbocycles. The van der Waals surface area contributed by atoms with Gasteiger partial charge in [0, 0.05) is 17.5 Å². The van der Waals surface area contributed by atoms with E-state index in [0.29, 0.717) is 0 Å². The number of benzene rings is 2. The number of hydrogen-bond acceptors (Lipinski definition) is 1. The molecule has 0 fully saturated rings. The zero-order valence-electron chi connectivity index (χ0n) is 28.7. The molecule has 1 nitrogen and oxygen atoms in total. The average Bonchev–Trinajstić information content (AvgIpc) is 3.08. The molecule has 0 radical (unpaired) electrons. The Kier molecular flexibility index (Phi) is 13.6. The van der Waals surface area contributed by atoms with E-state index in [1.807, 2.05) is 99.8 Å². The minimum Gasteiger partial charge on any atom is -0.261 e. The molecule has 0 aliphatic heterocycles. The standard InChI is InChI=1S/C46H47N/c1-11-17-27-37(13-3)35(9)32-47-36(10)45-42(23-12-2)40(16-6)46(44-29-21-20-28-43(44)45)39(15-5)31-38(14-4)41-30-22-25-33(7)24-18-19-26-34(41)8/h11-32H,3,5-8H2,1-2,4,9-10H3/b17-11-,23-12-,24-18?,25-22?,26-19?,35-32+,37-27+,38-14+,39-31+,41-30?,47-36+. The molecule has 0 aromatic heterocycles. The van der Waals surface area contributed by atoms with E-state index >= 15 is 0 Å². The highest BCUT2D eigenvalue weighted by atomic mass is 14.7. The maximum absolute atomic E-state index is 4.99. The van der Waals surface area contributed by atoms with Gasteiger partial charge in [-0.15, -0.1) is 0 Å². The van der Waals surface area contributed by atoms with Crippen molar-refractivity contribution in [3.8, 4) is 0 Å². The molecule has 1 heteroatoms. The summed E-state index contributed by atoms with van der Waals surface area (Å²) >= 11 is 0. The molecular weight excluding hydrogens is 567 g/mol. The molecule has 0 N–H and O–H groups in total. The summed E-state index contributed by atoms with van der Waals surface area (Å²) in [7, 11) is 0. The Morgan fingerprint density at radius 3 is 1.98 bits per heavy atom. The van der Waals surface area contributed by atoms with E-state index in [-0.39, 0.29) is 0 Å². The zero-order valence-corrected chi connectivity index (χ0v) is 28.7. The van der Waals surface area contributed by atoms with Gasteiger partial charge in [0.2, 0.25) is 0 Å². The van der Waals surface area contributed by atoms with Gasteiger partial charge in [-0.25, -0.2) is 0 Å². The molecule has 3 rings (SSSR count). The number of allylic oxidation sites excluding steroid dienone is 12. The Labute approximate surface area is 282 Å². The second kappa shape index (κ2) is 17.8. The molecule has 0 bridgehead atoms. The molecule has 0 atom stereocenters. The smallest absolute Gasteiger partial charge is 0.0457 e. The van der Waals surface area contributed by atoms with Crippen molar-refractivity contribution in [2.75, 3.05) is 0 Å². The summed E-state index contributed by atoms with van der Waals surface area (Å²) in [5.74, 6) is 0. The van der Waals surface area contributed by atoms with E-state index in [2.05, 4.69) is 101 Å². The summed E-state index contributed by atoms with van der Waals surface area (Å²) in [4.78, 5) is 4.99. The quantitative estimate of drug-likeness (QED) is 0.151. The molecule has 3 aromatic carbocycles. The summed E-state index contributed by atoms with van der Waals surface area (Å²) in [6.07, 6.45) is 22.2. The first-order valence-corrected chi connectivity index (χ1v) is 15.9. The second-order valence-corrected chi connectivity index (χ2v) is 11.0. The van der Waals surface area contributed by atoms with Crippen LogP contribution >= 0.6 is 0 Å². The minimum absolute atomic E-state index is 0.910. The van der Waals surface area contributed by atoms with Crippen molar-refractivity contribution < 1.29 is 0 Å². The number of aliphatic imine (C=N–C) groups is 1. The van der Waals surface area contributed by atoms with Crippen LogP contribution in [0.4, 0.5) is 0 Å². The van der Waals surface area contributed by atoms with Crippen LogP contribution in [0.3, 0.4) is 0 Å². The molecule has 0 heterocycles. The van der Waals surface area contributed by atoms with Gasteiger partial charge in [0.15, 0.2) is 0 Å². The molecule has 3 aromatic rings. The Morgan fingerprint density at radius 2 is 1.36 bits per heavy atom. The summed E-state index contributed by atoms with van der Waals surface area (Å²) in [6.45, 7) is 31.3. The topological polar surface area (TPSA) is 12.4 Å². The summed E-state index contributed by atoms with van der Waals surface area (Å²) in [5, 5.41) is 4.04. The van der Waals surface area contributed by atoms with Crippen molar-refractivity contribution in [1.29, 1.82) is 0 Å².